The number of hydrogen-bond donors (Lipinski definition) is 2. The lowest BCUT2D eigenvalue weighted by molar-refractivity contribution is 0.834. The van der Waals surface area contributed by atoms with Crippen molar-refractivity contribution in [1.82, 2.24) is 9.78 Å². The first kappa shape index (κ1) is 9.58. The Balaban J connectivity index is 2.54. The first-order chi connectivity index (χ1) is 7.08. The number of nitrogen functional groups attached to an aromatic ring is 2. The molecule has 0 radical (unpaired) electrons. The van der Waals surface area contributed by atoms with Gasteiger partial charge in [-0.1, -0.05) is 0 Å². The van der Waals surface area contributed by atoms with Crippen LogP contribution in [0.3, 0.4) is 0 Å². The van der Waals surface area contributed by atoms with Crippen molar-refractivity contribution < 1.29 is 0 Å². The lowest BCUT2D eigenvalue weighted by Gasteiger charge is -2.06. The summed E-state index contributed by atoms with van der Waals surface area (Å²) in [5.74, 6) is 0. The highest BCUT2D eigenvalue weighted by molar-refractivity contribution is 5.66. The van der Waals surface area contributed by atoms with Crippen LogP contribution < -0.4 is 11.5 Å². The Morgan fingerprint density at radius 3 is 2.33 bits per heavy atom. The van der Waals surface area contributed by atoms with Crippen molar-refractivity contribution in [3.05, 3.63) is 35.7 Å². The number of rotatable bonds is 1. The molecule has 0 spiro atoms. The second-order valence-corrected chi connectivity index (χ2v) is 3.65. The lowest BCUT2D eigenvalue weighted by Crippen LogP contribution is -2.01. The summed E-state index contributed by atoms with van der Waals surface area (Å²) in [6.45, 7) is 3.97. The van der Waals surface area contributed by atoms with Crippen molar-refractivity contribution in [2.24, 2.45) is 0 Å². The summed E-state index contributed by atoms with van der Waals surface area (Å²) >= 11 is 0. The maximum atomic E-state index is 5.75. The number of anilines is 2. The summed E-state index contributed by atoms with van der Waals surface area (Å²) in [4.78, 5) is 0. The number of nitrogens with two attached hydrogens (primary N) is 2. The SMILES string of the molecule is Cc1cc(C)n(-c2ccc(N)c(N)c2)n1. The van der Waals surface area contributed by atoms with Crippen LogP contribution in [0, 0.1) is 13.8 Å². The summed E-state index contributed by atoms with van der Waals surface area (Å²) < 4.78 is 1.85. The number of nitrogens with zero attached hydrogens (tertiary/aromatic N) is 2. The molecule has 2 aromatic rings. The fourth-order valence-corrected chi connectivity index (χ4v) is 1.58. The van der Waals surface area contributed by atoms with Crippen molar-refractivity contribution in [2.75, 3.05) is 11.5 Å². The minimum absolute atomic E-state index is 0.583. The highest BCUT2D eigenvalue weighted by Gasteiger charge is 2.04. The Kier molecular flexibility index (Phi) is 2.11. The molecule has 1 aromatic heterocycles. The van der Waals surface area contributed by atoms with Crippen LogP contribution in [0.15, 0.2) is 24.3 Å². The van der Waals surface area contributed by atoms with Crippen LogP contribution in [0.4, 0.5) is 11.4 Å². The molecule has 0 atom stereocenters. The minimum Gasteiger partial charge on any atom is -0.397 e. The van der Waals surface area contributed by atoms with Gasteiger partial charge in [0.1, 0.15) is 0 Å². The van der Waals surface area contributed by atoms with Gasteiger partial charge in [0.2, 0.25) is 0 Å². The van der Waals surface area contributed by atoms with Gasteiger partial charge >= 0.3 is 0 Å². The van der Waals surface area contributed by atoms with Crippen LogP contribution in [0.1, 0.15) is 11.4 Å². The normalized spacial score (nSPS) is 10.5. The molecule has 0 saturated heterocycles. The molecule has 4 heteroatoms. The number of benzene rings is 1. The van der Waals surface area contributed by atoms with Gasteiger partial charge in [-0.3, -0.25) is 0 Å². The van der Waals surface area contributed by atoms with Crippen molar-refractivity contribution in [2.45, 2.75) is 13.8 Å². The predicted molar refractivity (Wildman–Crippen MR) is 61.9 cm³/mol. The zero-order chi connectivity index (χ0) is 11.0. The number of aryl methyl sites for hydroxylation is 2. The molecule has 1 aromatic carbocycles. The third-order valence-corrected chi connectivity index (χ3v) is 2.32. The van der Waals surface area contributed by atoms with E-state index < -0.39 is 0 Å². The third-order valence-electron chi connectivity index (χ3n) is 2.32. The molecular formula is C11H14N4. The Bertz CT molecular complexity index is 499. The van der Waals surface area contributed by atoms with Crippen molar-refractivity contribution in [3.63, 3.8) is 0 Å². The topological polar surface area (TPSA) is 69.9 Å². The summed E-state index contributed by atoms with van der Waals surface area (Å²) in [6.07, 6.45) is 0. The highest BCUT2D eigenvalue weighted by atomic mass is 15.3. The third kappa shape index (κ3) is 1.66. The van der Waals surface area contributed by atoms with Crippen LogP contribution in [0.25, 0.3) is 5.69 Å². The summed E-state index contributed by atoms with van der Waals surface area (Å²) in [7, 11) is 0. The fourth-order valence-electron chi connectivity index (χ4n) is 1.58. The molecule has 0 bridgehead atoms. The zero-order valence-electron chi connectivity index (χ0n) is 8.86. The van der Waals surface area contributed by atoms with Crippen molar-refractivity contribution >= 4 is 11.4 Å². The van der Waals surface area contributed by atoms with E-state index in [1.807, 2.05) is 36.7 Å². The maximum Gasteiger partial charge on any atom is 0.0670 e. The van der Waals surface area contributed by atoms with Crippen LogP contribution in [-0.2, 0) is 0 Å². The molecule has 78 valence electrons. The van der Waals surface area contributed by atoms with Gasteiger partial charge in [0.05, 0.1) is 22.8 Å². The van der Waals surface area contributed by atoms with Gasteiger partial charge in [0.25, 0.3) is 0 Å². The standard InChI is InChI=1S/C11H14N4/c1-7-5-8(2)15(14-7)9-3-4-10(12)11(13)6-9/h3-6H,12-13H2,1-2H3. The van der Waals surface area contributed by atoms with E-state index in [0.717, 1.165) is 17.1 Å². The van der Waals surface area contributed by atoms with E-state index in [1.165, 1.54) is 0 Å². The van der Waals surface area contributed by atoms with Crippen LogP contribution in [-0.4, -0.2) is 9.78 Å². The van der Waals surface area contributed by atoms with E-state index in [0.29, 0.717) is 11.4 Å². The van der Waals surface area contributed by atoms with Gasteiger partial charge in [-0.15, -0.1) is 0 Å². The van der Waals surface area contributed by atoms with E-state index >= 15 is 0 Å². The van der Waals surface area contributed by atoms with Crippen molar-refractivity contribution in [1.29, 1.82) is 0 Å². The molecule has 1 heterocycles. The zero-order valence-corrected chi connectivity index (χ0v) is 8.86. The summed E-state index contributed by atoms with van der Waals surface area (Å²) in [5, 5.41) is 4.37. The second kappa shape index (κ2) is 3.31. The quantitative estimate of drug-likeness (QED) is 0.691. The second-order valence-electron chi connectivity index (χ2n) is 3.65. The largest absolute Gasteiger partial charge is 0.397 e. The van der Waals surface area contributed by atoms with Crippen LogP contribution in [0.2, 0.25) is 0 Å². The Morgan fingerprint density at radius 1 is 1.07 bits per heavy atom. The van der Waals surface area contributed by atoms with Gasteiger partial charge in [-0.05, 0) is 38.1 Å². The van der Waals surface area contributed by atoms with Gasteiger partial charge in [0, 0.05) is 5.69 Å². The highest BCUT2D eigenvalue weighted by Crippen LogP contribution is 2.20. The van der Waals surface area contributed by atoms with Crippen LogP contribution >= 0.6 is 0 Å². The molecule has 0 saturated carbocycles. The van der Waals surface area contributed by atoms with Crippen molar-refractivity contribution in [3.8, 4) is 5.69 Å². The number of aromatic nitrogens is 2. The Hall–Kier alpha value is -1.97. The molecule has 0 aliphatic heterocycles. The van der Waals surface area contributed by atoms with E-state index in [4.69, 9.17) is 11.5 Å². The number of hydrogen-bond acceptors (Lipinski definition) is 3. The fraction of sp³-hybridized carbons (Fsp3) is 0.182. The van der Waals surface area contributed by atoms with Gasteiger partial charge < -0.3 is 11.5 Å². The van der Waals surface area contributed by atoms with E-state index in [1.54, 1.807) is 6.07 Å². The van der Waals surface area contributed by atoms with Gasteiger partial charge in [-0.25, -0.2) is 4.68 Å². The molecule has 0 aliphatic rings. The molecule has 0 unspecified atom stereocenters. The van der Waals surface area contributed by atoms with Crippen LogP contribution in [0.5, 0.6) is 0 Å². The smallest absolute Gasteiger partial charge is 0.0670 e. The van der Waals surface area contributed by atoms with E-state index in [-0.39, 0.29) is 0 Å². The Morgan fingerprint density at radius 2 is 1.80 bits per heavy atom. The minimum atomic E-state index is 0.583. The molecule has 15 heavy (non-hydrogen) atoms. The average Bonchev–Trinajstić information content (AvgIpc) is 2.50. The molecule has 2 rings (SSSR count). The predicted octanol–water partition coefficient (Wildman–Crippen LogP) is 1.65. The summed E-state index contributed by atoms with van der Waals surface area (Å²) in [6, 6.07) is 7.55. The molecular weight excluding hydrogens is 188 g/mol. The summed E-state index contributed by atoms with van der Waals surface area (Å²) in [5.41, 5.74) is 15.6. The molecule has 4 nitrogen and oxygen atoms in total. The Labute approximate surface area is 88.5 Å². The first-order valence-electron chi connectivity index (χ1n) is 4.76. The molecule has 4 N–H and O–H groups in total. The first-order valence-corrected chi connectivity index (χ1v) is 4.76. The average molecular weight is 202 g/mol. The van der Waals surface area contributed by atoms with E-state index in [9.17, 15) is 0 Å². The monoisotopic (exact) mass is 202 g/mol. The molecule has 0 amide bonds. The molecule has 0 aliphatic carbocycles. The van der Waals surface area contributed by atoms with Gasteiger partial charge in [0.15, 0.2) is 0 Å². The molecule has 0 fully saturated rings. The van der Waals surface area contributed by atoms with E-state index in [2.05, 4.69) is 5.10 Å². The maximum absolute atomic E-state index is 5.75. The van der Waals surface area contributed by atoms with Gasteiger partial charge in [-0.2, -0.15) is 5.10 Å². The lowest BCUT2D eigenvalue weighted by atomic mass is 10.2.